The van der Waals surface area contributed by atoms with Crippen molar-refractivity contribution in [1.29, 1.82) is 0 Å². The molecule has 82 valence electrons. The summed E-state index contributed by atoms with van der Waals surface area (Å²) in [6.45, 7) is 5.78. The van der Waals surface area contributed by atoms with Crippen molar-refractivity contribution in [2.24, 2.45) is 0 Å². The van der Waals surface area contributed by atoms with Crippen molar-refractivity contribution in [1.82, 2.24) is 4.90 Å². The molecule has 1 rings (SSSR count). The summed E-state index contributed by atoms with van der Waals surface area (Å²) in [6, 6.07) is 8.06. The van der Waals surface area contributed by atoms with Crippen LogP contribution in [0, 0.1) is 0 Å². The van der Waals surface area contributed by atoms with Gasteiger partial charge in [-0.15, -0.1) is 6.58 Å². The van der Waals surface area contributed by atoms with Crippen molar-refractivity contribution < 1.29 is 0 Å². The zero-order valence-corrected chi connectivity index (χ0v) is 9.45. The molecule has 0 bridgehead atoms. The summed E-state index contributed by atoms with van der Waals surface area (Å²) in [6.07, 6.45) is 4.22. The Morgan fingerprint density at radius 1 is 1.47 bits per heavy atom. The van der Waals surface area contributed by atoms with Crippen LogP contribution >= 0.6 is 0 Å². The Balaban J connectivity index is 2.37. The maximum absolute atomic E-state index is 5.72. The monoisotopic (exact) mass is 204 g/mol. The lowest BCUT2D eigenvalue weighted by atomic mass is 10.2. The zero-order chi connectivity index (χ0) is 11.1. The van der Waals surface area contributed by atoms with E-state index in [0.717, 1.165) is 25.2 Å². The first kappa shape index (κ1) is 11.8. The second-order valence-electron chi connectivity index (χ2n) is 3.91. The van der Waals surface area contributed by atoms with E-state index < -0.39 is 0 Å². The van der Waals surface area contributed by atoms with Gasteiger partial charge < -0.3 is 10.6 Å². The Bertz CT molecular complexity index is 307. The van der Waals surface area contributed by atoms with Crippen molar-refractivity contribution in [2.45, 2.75) is 19.4 Å². The minimum atomic E-state index is 0.840. The number of nitrogens with two attached hydrogens (primary N) is 1. The summed E-state index contributed by atoms with van der Waals surface area (Å²) in [7, 11) is 2.13. The number of benzene rings is 1. The largest absolute Gasteiger partial charge is 0.399 e. The fourth-order valence-electron chi connectivity index (χ4n) is 1.59. The minimum absolute atomic E-state index is 0.840. The first-order chi connectivity index (χ1) is 7.22. The van der Waals surface area contributed by atoms with Crippen LogP contribution in [-0.4, -0.2) is 18.5 Å². The van der Waals surface area contributed by atoms with Crippen molar-refractivity contribution in [3.63, 3.8) is 0 Å². The van der Waals surface area contributed by atoms with Crippen molar-refractivity contribution in [3.8, 4) is 0 Å². The number of hydrogen-bond donors (Lipinski definition) is 1. The van der Waals surface area contributed by atoms with Crippen LogP contribution < -0.4 is 5.73 Å². The molecule has 0 amide bonds. The molecule has 0 unspecified atom stereocenters. The summed E-state index contributed by atoms with van der Waals surface area (Å²) in [5.41, 5.74) is 7.84. The average Bonchev–Trinajstić information content (AvgIpc) is 2.18. The molecule has 2 heteroatoms. The van der Waals surface area contributed by atoms with E-state index in [0.29, 0.717) is 0 Å². The van der Waals surface area contributed by atoms with Crippen LogP contribution in [-0.2, 0) is 6.54 Å². The van der Waals surface area contributed by atoms with E-state index in [4.69, 9.17) is 5.73 Å². The third-order valence-electron chi connectivity index (χ3n) is 2.35. The SMILES string of the molecule is C=CCCCN(C)Cc1cccc(N)c1. The molecule has 0 heterocycles. The van der Waals surface area contributed by atoms with Crippen LogP contribution in [0.4, 0.5) is 5.69 Å². The quantitative estimate of drug-likeness (QED) is 0.438. The smallest absolute Gasteiger partial charge is 0.0317 e. The van der Waals surface area contributed by atoms with Crippen LogP contribution in [0.5, 0.6) is 0 Å². The predicted octanol–water partition coefficient (Wildman–Crippen LogP) is 2.67. The number of anilines is 1. The van der Waals surface area contributed by atoms with Crippen LogP contribution in [0.3, 0.4) is 0 Å². The predicted molar refractivity (Wildman–Crippen MR) is 66.6 cm³/mol. The van der Waals surface area contributed by atoms with Gasteiger partial charge in [0.15, 0.2) is 0 Å². The lowest BCUT2D eigenvalue weighted by Gasteiger charge is -2.16. The molecule has 2 nitrogen and oxygen atoms in total. The molecule has 2 N–H and O–H groups in total. The Labute approximate surface area is 92.4 Å². The van der Waals surface area contributed by atoms with E-state index in [1.54, 1.807) is 0 Å². The number of nitrogens with zero attached hydrogens (tertiary/aromatic N) is 1. The lowest BCUT2D eigenvalue weighted by molar-refractivity contribution is 0.323. The summed E-state index contributed by atoms with van der Waals surface area (Å²) in [5.74, 6) is 0. The molecule has 0 saturated heterocycles. The second-order valence-corrected chi connectivity index (χ2v) is 3.91. The van der Waals surface area contributed by atoms with E-state index in [2.05, 4.69) is 24.6 Å². The Kier molecular flexibility index (Phi) is 4.91. The maximum atomic E-state index is 5.72. The van der Waals surface area contributed by atoms with Crippen molar-refractivity contribution >= 4 is 5.69 Å². The molecule has 0 aromatic heterocycles. The molecule has 0 saturated carbocycles. The summed E-state index contributed by atoms with van der Waals surface area (Å²) < 4.78 is 0. The third-order valence-corrected chi connectivity index (χ3v) is 2.35. The van der Waals surface area contributed by atoms with Gasteiger partial charge in [-0.25, -0.2) is 0 Å². The number of hydrogen-bond acceptors (Lipinski definition) is 2. The van der Waals surface area contributed by atoms with Crippen LogP contribution in [0.2, 0.25) is 0 Å². The maximum Gasteiger partial charge on any atom is 0.0317 e. The second kappa shape index (κ2) is 6.25. The highest BCUT2D eigenvalue weighted by Gasteiger charge is 1.99. The van der Waals surface area contributed by atoms with E-state index in [1.807, 2.05) is 24.3 Å². The van der Waals surface area contributed by atoms with Gasteiger partial charge >= 0.3 is 0 Å². The molecule has 0 spiro atoms. The van der Waals surface area contributed by atoms with Crippen LogP contribution in [0.25, 0.3) is 0 Å². The van der Waals surface area contributed by atoms with Crippen LogP contribution in [0.15, 0.2) is 36.9 Å². The van der Waals surface area contributed by atoms with E-state index in [-0.39, 0.29) is 0 Å². The van der Waals surface area contributed by atoms with E-state index >= 15 is 0 Å². The number of allylic oxidation sites excluding steroid dienone is 1. The van der Waals surface area contributed by atoms with Gasteiger partial charge in [-0.05, 0) is 44.1 Å². The highest BCUT2D eigenvalue weighted by molar-refractivity contribution is 5.40. The first-order valence-electron chi connectivity index (χ1n) is 5.36. The van der Waals surface area contributed by atoms with Gasteiger partial charge in [0.05, 0.1) is 0 Å². The minimum Gasteiger partial charge on any atom is -0.399 e. The molecule has 1 aromatic rings. The van der Waals surface area contributed by atoms with Gasteiger partial charge in [0.2, 0.25) is 0 Å². The molecular weight excluding hydrogens is 184 g/mol. The average molecular weight is 204 g/mol. The topological polar surface area (TPSA) is 29.3 Å². The van der Waals surface area contributed by atoms with Gasteiger partial charge in [-0.3, -0.25) is 0 Å². The normalized spacial score (nSPS) is 10.5. The van der Waals surface area contributed by atoms with Gasteiger partial charge in [0.25, 0.3) is 0 Å². The van der Waals surface area contributed by atoms with Crippen molar-refractivity contribution in [3.05, 3.63) is 42.5 Å². The zero-order valence-electron chi connectivity index (χ0n) is 9.45. The van der Waals surface area contributed by atoms with Crippen molar-refractivity contribution in [2.75, 3.05) is 19.3 Å². The summed E-state index contributed by atoms with van der Waals surface area (Å²) >= 11 is 0. The molecule has 0 aliphatic heterocycles. The first-order valence-corrected chi connectivity index (χ1v) is 5.36. The third kappa shape index (κ3) is 4.66. The Morgan fingerprint density at radius 2 is 2.27 bits per heavy atom. The Hall–Kier alpha value is -1.28. The fraction of sp³-hybridized carbons (Fsp3) is 0.385. The molecule has 15 heavy (non-hydrogen) atoms. The lowest BCUT2D eigenvalue weighted by Crippen LogP contribution is -2.18. The van der Waals surface area contributed by atoms with Gasteiger partial charge in [0, 0.05) is 12.2 Å². The fourth-order valence-corrected chi connectivity index (χ4v) is 1.59. The Morgan fingerprint density at radius 3 is 2.93 bits per heavy atom. The number of nitrogen functional groups attached to an aromatic ring is 1. The summed E-state index contributed by atoms with van der Waals surface area (Å²) in [4.78, 5) is 2.30. The standard InChI is InChI=1S/C13H20N2/c1-3-4-5-9-15(2)11-12-7-6-8-13(14)10-12/h3,6-8,10H,1,4-5,9,11,14H2,2H3. The van der Waals surface area contributed by atoms with Crippen LogP contribution in [0.1, 0.15) is 18.4 Å². The molecular formula is C13H20N2. The molecule has 0 radical (unpaired) electrons. The van der Waals surface area contributed by atoms with Gasteiger partial charge in [0.1, 0.15) is 0 Å². The number of unbranched alkanes of at least 4 members (excludes halogenated alkanes) is 1. The van der Waals surface area contributed by atoms with Gasteiger partial charge in [-0.1, -0.05) is 18.2 Å². The molecule has 0 fully saturated rings. The van der Waals surface area contributed by atoms with Gasteiger partial charge in [-0.2, -0.15) is 0 Å². The highest BCUT2D eigenvalue weighted by Crippen LogP contribution is 2.09. The molecule has 0 atom stereocenters. The van der Waals surface area contributed by atoms with E-state index in [9.17, 15) is 0 Å². The molecule has 0 aliphatic carbocycles. The summed E-state index contributed by atoms with van der Waals surface area (Å²) in [5, 5.41) is 0. The molecule has 0 aliphatic rings. The van der Waals surface area contributed by atoms with E-state index in [1.165, 1.54) is 12.0 Å². The highest BCUT2D eigenvalue weighted by atomic mass is 15.1. The molecule has 1 aromatic carbocycles. The number of rotatable bonds is 6.